The molecular formula is C16H10N2S2. The van der Waals surface area contributed by atoms with Crippen molar-refractivity contribution < 1.29 is 0 Å². The summed E-state index contributed by atoms with van der Waals surface area (Å²) in [5, 5.41) is 9.26. The molecule has 0 aliphatic rings. The number of para-hydroxylation sites is 1. The highest BCUT2D eigenvalue weighted by Crippen LogP contribution is 2.34. The van der Waals surface area contributed by atoms with E-state index in [0.717, 1.165) is 20.1 Å². The summed E-state index contributed by atoms with van der Waals surface area (Å²) < 4.78 is 2.04. The molecular weight excluding hydrogens is 284 g/mol. The Morgan fingerprint density at radius 2 is 1.85 bits per heavy atom. The van der Waals surface area contributed by atoms with Crippen molar-refractivity contribution in [3.05, 3.63) is 65.1 Å². The molecule has 4 heteroatoms. The highest BCUT2D eigenvalue weighted by molar-refractivity contribution is 8.05. The molecule has 0 saturated carbocycles. The third-order valence-electron chi connectivity index (χ3n) is 2.68. The van der Waals surface area contributed by atoms with Gasteiger partial charge in [0.05, 0.1) is 15.1 Å². The minimum atomic E-state index is 0.648. The fourth-order valence-corrected chi connectivity index (χ4v) is 3.75. The van der Waals surface area contributed by atoms with Crippen LogP contribution in [0.4, 0.5) is 0 Å². The molecule has 0 saturated heterocycles. The zero-order valence-corrected chi connectivity index (χ0v) is 12.1. The summed E-state index contributed by atoms with van der Waals surface area (Å²) in [6, 6.07) is 20.1. The molecule has 0 fully saturated rings. The zero-order valence-electron chi connectivity index (χ0n) is 10.5. The number of hydrogen-bond acceptors (Lipinski definition) is 4. The molecule has 0 amide bonds. The van der Waals surface area contributed by atoms with E-state index in [0.29, 0.717) is 4.91 Å². The van der Waals surface area contributed by atoms with Crippen LogP contribution < -0.4 is 0 Å². The Hall–Kier alpha value is -2.09. The number of aromatic nitrogens is 1. The summed E-state index contributed by atoms with van der Waals surface area (Å²) in [7, 11) is 0. The molecule has 0 unspecified atom stereocenters. The van der Waals surface area contributed by atoms with E-state index in [1.54, 1.807) is 11.3 Å². The Labute approximate surface area is 125 Å². The summed E-state index contributed by atoms with van der Waals surface area (Å²) in [6.45, 7) is 0. The fourth-order valence-electron chi connectivity index (χ4n) is 1.77. The monoisotopic (exact) mass is 294 g/mol. The van der Waals surface area contributed by atoms with E-state index in [-0.39, 0.29) is 0 Å². The first-order valence-electron chi connectivity index (χ1n) is 6.05. The topological polar surface area (TPSA) is 36.7 Å². The standard InChI is InChI=1S/C16H10N2S2/c17-11-13(10-12-6-2-1-3-7-12)19-16-18-14-8-4-5-9-15(14)20-16/h1-10H/b13-10+. The van der Waals surface area contributed by atoms with E-state index in [9.17, 15) is 5.26 Å². The third kappa shape index (κ3) is 2.90. The van der Waals surface area contributed by atoms with E-state index >= 15 is 0 Å². The van der Waals surface area contributed by atoms with E-state index in [4.69, 9.17) is 0 Å². The normalized spacial score (nSPS) is 11.4. The number of benzene rings is 2. The molecule has 3 aromatic rings. The van der Waals surface area contributed by atoms with Gasteiger partial charge in [-0.1, -0.05) is 42.5 Å². The molecule has 96 valence electrons. The van der Waals surface area contributed by atoms with Crippen molar-refractivity contribution in [2.75, 3.05) is 0 Å². The average Bonchev–Trinajstić information content (AvgIpc) is 2.90. The van der Waals surface area contributed by atoms with Gasteiger partial charge >= 0.3 is 0 Å². The quantitative estimate of drug-likeness (QED) is 0.506. The van der Waals surface area contributed by atoms with E-state index in [1.165, 1.54) is 11.8 Å². The van der Waals surface area contributed by atoms with Gasteiger partial charge in [-0.3, -0.25) is 0 Å². The maximum absolute atomic E-state index is 9.26. The molecule has 0 N–H and O–H groups in total. The first-order valence-corrected chi connectivity index (χ1v) is 7.69. The molecule has 0 spiro atoms. The van der Waals surface area contributed by atoms with Crippen molar-refractivity contribution >= 4 is 39.4 Å². The fraction of sp³-hybridized carbons (Fsp3) is 0. The van der Waals surface area contributed by atoms with Crippen molar-refractivity contribution in [3.63, 3.8) is 0 Å². The van der Waals surface area contributed by atoms with Gasteiger partial charge in [-0.05, 0) is 35.5 Å². The average molecular weight is 294 g/mol. The van der Waals surface area contributed by atoms with Gasteiger partial charge in [0.2, 0.25) is 0 Å². The van der Waals surface area contributed by atoms with Gasteiger partial charge in [-0.15, -0.1) is 11.3 Å². The molecule has 0 bridgehead atoms. The van der Waals surface area contributed by atoms with Crippen LogP contribution in [0.2, 0.25) is 0 Å². The smallest absolute Gasteiger partial charge is 0.156 e. The molecule has 20 heavy (non-hydrogen) atoms. The van der Waals surface area contributed by atoms with Gasteiger partial charge < -0.3 is 0 Å². The Bertz CT molecular complexity index is 765. The first kappa shape index (κ1) is 12.9. The Kier molecular flexibility index (Phi) is 3.82. The van der Waals surface area contributed by atoms with Gasteiger partial charge in [-0.2, -0.15) is 5.26 Å². The van der Waals surface area contributed by atoms with Gasteiger partial charge in [-0.25, -0.2) is 4.98 Å². The summed E-state index contributed by atoms with van der Waals surface area (Å²) in [5.41, 5.74) is 2.01. The number of thiazole rings is 1. The minimum Gasteiger partial charge on any atom is -0.229 e. The van der Waals surface area contributed by atoms with Crippen LogP contribution in [0.5, 0.6) is 0 Å². The number of nitriles is 1. The Balaban J connectivity index is 1.88. The summed E-state index contributed by atoms with van der Waals surface area (Å²) >= 11 is 3.03. The molecule has 0 radical (unpaired) electrons. The SMILES string of the molecule is N#C/C(=C\c1ccccc1)Sc1nc2ccccc2s1. The van der Waals surface area contributed by atoms with E-state index in [2.05, 4.69) is 11.1 Å². The molecule has 3 rings (SSSR count). The lowest BCUT2D eigenvalue weighted by Gasteiger charge is -1.95. The molecule has 1 aromatic heterocycles. The maximum Gasteiger partial charge on any atom is 0.156 e. The number of fused-ring (bicyclic) bond motifs is 1. The number of hydrogen-bond donors (Lipinski definition) is 0. The van der Waals surface area contributed by atoms with Crippen LogP contribution in [0.1, 0.15) is 5.56 Å². The van der Waals surface area contributed by atoms with Crippen molar-refractivity contribution in [2.45, 2.75) is 4.34 Å². The molecule has 0 aliphatic heterocycles. The molecule has 1 heterocycles. The highest BCUT2D eigenvalue weighted by Gasteiger charge is 2.06. The van der Waals surface area contributed by atoms with Gasteiger partial charge in [0, 0.05) is 0 Å². The van der Waals surface area contributed by atoms with Crippen LogP contribution in [0.3, 0.4) is 0 Å². The predicted molar refractivity (Wildman–Crippen MR) is 85.5 cm³/mol. The van der Waals surface area contributed by atoms with E-state index < -0.39 is 0 Å². The molecule has 2 nitrogen and oxygen atoms in total. The second-order valence-corrected chi connectivity index (χ2v) is 6.40. The zero-order chi connectivity index (χ0) is 13.8. The number of allylic oxidation sites excluding steroid dienone is 1. The molecule has 0 atom stereocenters. The van der Waals surface area contributed by atoms with Crippen molar-refractivity contribution in [3.8, 4) is 6.07 Å². The molecule has 0 aliphatic carbocycles. The Morgan fingerprint density at radius 3 is 2.60 bits per heavy atom. The first-order chi connectivity index (χ1) is 9.85. The largest absolute Gasteiger partial charge is 0.229 e. The van der Waals surface area contributed by atoms with Crippen LogP contribution in [-0.2, 0) is 0 Å². The van der Waals surface area contributed by atoms with Crippen LogP contribution in [0.25, 0.3) is 16.3 Å². The number of nitrogens with zero attached hydrogens (tertiary/aromatic N) is 2. The Morgan fingerprint density at radius 1 is 1.10 bits per heavy atom. The van der Waals surface area contributed by atoms with Crippen molar-refractivity contribution in [2.24, 2.45) is 0 Å². The maximum atomic E-state index is 9.26. The number of rotatable bonds is 3. The van der Waals surface area contributed by atoms with Gasteiger partial charge in [0.25, 0.3) is 0 Å². The van der Waals surface area contributed by atoms with Crippen LogP contribution in [0, 0.1) is 11.3 Å². The molecule has 2 aromatic carbocycles. The highest BCUT2D eigenvalue weighted by atomic mass is 32.2. The van der Waals surface area contributed by atoms with Crippen LogP contribution >= 0.6 is 23.1 Å². The van der Waals surface area contributed by atoms with Crippen LogP contribution in [-0.4, -0.2) is 4.98 Å². The van der Waals surface area contributed by atoms with Crippen molar-refractivity contribution in [1.82, 2.24) is 4.98 Å². The van der Waals surface area contributed by atoms with Crippen LogP contribution in [0.15, 0.2) is 63.8 Å². The lowest BCUT2D eigenvalue weighted by Crippen LogP contribution is -1.75. The van der Waals surface area contributed by atoms with E-state index in [1.807, 2.05) is 60.7 Å². The second kappa shape index (κ2) is 5.91. The van der Waals surface area contributed by atoms with Gasteiger partial charge in [0.15, 0.2) is 4.34 Å². The lowest BCUT2D eigenvalue weighted by atomic mass is 10.2. The van der Waals surface area contributed by atoms with Crippen molar-refractivity contribution in [1.29, 1.82) is 5.26 Å². The minimum absolute atomic E-state index is 0.648. The summed E-state index contributed by atoms with van der Waals surface area (Å²) in [4.78, 5) is 5.18. The predicted octanol–water partition coefficient (Wildman–Crippen LogP) is 4.95. The van der Waals surface area contributed by atoms with Gasteiger partial charge in [0.1, 0.15) is 6.07 Å². The summed E-state index contributed by atoms with van der Waals surface area (Å²) in [5.74, 6) is 0. The third-order valence-corrected chi connectivity index (χ3v) is 4.71. The number of thioether (sulfide) groups is 1. The lowest BCUT2D eigenvalue weighted by molar-refractivity contribution is 1.31. The second-order valence-electron chi connectivity index (χ2n) is 4.08. The summed E-state index contributed by atoms with van der Waals surface area (Å²) in [6.07, 6.45) is 1.89.